The number of likely N-dealkylation sites (tertiary alicyclic amines) is 1. The maximum Gasteiger partial charge on any atom is 0.157 e. The van der Waals surface area contributed by atoms with Gasteiger partial charge in [0.25, 0.3) is 0 Å². The highest BCUT2D eigenvalue weighted by atomic mass is 15.3. The molecule has 3 aromatic heterocycles. The van der Waals surface area contributed by atoms with Gasteiger partial charge in [0.2, 0.25) is 0 Å². The van der Waals surface area contributed by atoms with Crippen molar-refractivity contribution >= 4 is 11.0 Å². The Labute approximate surface area is 148 Å². The maximum atomic E-state index is 4.98. The number of piperidine rings is 1. The fourth-order valence-electron chi connectivity index (χ4n) is 3.80. The van der Waals surface area contributed by atoms with Crippen molar-refractivity contribution in [1.82, 2.24) is 29.4 Å². The van der Waals surface area contributed by atoms with Crippen molar-refractivity contribution in [1.29, 1.82) is 0 Å². The van der Waals surface area contributed by atoms with Gasteiger partial charge < -0.3 is 0 Å². The van der Waals surface area contributed by atoms with Gasteiger partial charge in [-0.2, -0.15) is 10.2 Å². The highest BCUT2D eigenvalue weighted by Crippen LogP contribution is 2.28. The summed E-state index contributed by atoms with van der Waals surface area (Å²) in [5, 5.41) is 9.90. The van der Waals surface area contributed by atoms with Gasteiger partial charge in [-0.1, -0.05) is 6.92 Å². The largest absolute Gasteiger partial charge is 0.297 e. The summed E-state index contributed by atoms with van der Waals surface area (Å²) in [6.07, 6.45) is 7.31. The Kier molecular flexibility index (Phi) is 4.53. The minimum atomic E-state index is 0.497. The van der Waals surface area contributed by atoms with Crippen LogP contribution in [0.25, 0.3) is 11.0 Å². The van der Waals surface area contributed by atoms with E-state index in [1.807, 2.05) is 28.8 Å². The van der Waals surface area contributed by atoms with E-state index in [2.05, 4.69) is 40.2 Å². The van der Waals surface area contributed by atoms with E-state index in [1.165, 1.54) is 24.2 Å². The fraction of sp³-hybridized carbons (Fsp3) is 0.526. The maximum absolute atomic E-state index is 4.98. The smallest absolute Gasteiger partial charge is 0.157 e. The van der Waals surface area contributed by atoms with Gasteiger partial charge in [-0.3, -0.25) is 9.58 Å². The van der Waals surface area contributed by atoms with Crippen LogP contribution >= 0.6 is 0 Å². The standard InChI is InChI=1S/C19H26N6/c1-3-10-25-19-15(12-21-25)6-7-18(22-19)16-5-4-11-24(13-16)14-17-8-9-20-23(17)2/h6-9,12,16H,3-5,10-11,13-14H2,1-2H3/t16-/m0/s1. The first kappa shape index (κ1) is 16.3. The lowest BCUT2D eigenvalue weighted by atomic mass is 9.94. The third-order valence-corrected chi connectivity index (χ3v) is 5.17. The molecule has 0 aliphatic carbocycles. The Morgan fingerprint density at radius 2 is 2.12 bits per heavy atom. The van der Waals surface area contributed by atoms with Crippen LogP contribution in [0.1, 0.15) is 43.5 Å². The molecule has 1 aliphatic rings. The van der Waals surface area contributed by atoms with Gasteiger partial charge in [0.1, 0.15) is 0 Å². The Morgan fingerprint density at radius 1 is 1.20 bits per heavy atom. The third-order valence-electron chi connectivity index (χ3n) is 5.17. The monoisotopic (exact) mass is 338 g/mol. The Bertz CT molecular complexity index is 849. The van der Waals surface area contributed by atoms with E-state index >= 15 is 0 Å². The Morgan fingerprint density at radius 3 is 2.92 bits per heavy atom. The molecule has 1 fully saturated rings. The second-order valence-corrected chi connectivity index (χ2v) is 7.04. The summed E-state index contributed by atoms with van der Waals surface area (Å²) in [7, 11) is 2.02. The molecule has 0 saturated carbocycles. The number of hydrogen-bond acceptors (Lipinski definition) is 4. The van der Waals surface area contributed by atoms with Crippen LogP contribution in [0.15, 0.2) is 30.6 Å². The quantitative estimate of drug-likeness (QED) is 0.718. The highest BCUT2D eigenvalue weighted by Gasteiger charge is 2.23. The molecule has 4 rings (SSSR count). The van der Waals surface area contributed by atoms with Crippen LogP contribution in [0, 0.1) is 0 Å². The normalized spacial score (nSPS) is 18.9. The number of fused-ring (bicyclic) bond motifs is 1. The van der Waals surface area contributed by atoms with Crippen LogP contribution in [0.4, 0.5) is 0 Å². The van der Waals surface area contributed by atoms with Crippen molar-refractivity contribution in [3.63, 3.8) is 0 Å². The molecule has 0 bridgehead atoms. The summed E-state index contributed by atoms with van der Waals surface area (Å²) in [4.78, 5) is 7.51. The topological polar surface area (TPSA) is 51.8 Å². The van der Waals surface area contributed by atoms with Crippen molar-refractivity contribution in [2.75, 3.05) is 13.1 Å². The zero-order chi connectivity index (χ0) is 17.2. The van der Waals surface area contributed by atoms with Crippen molar-refractivity contribution in [2.45, 2.75) is 45.2 Å². The van der Waals surface area contributed by atoms with Gasteiger partial charge in [-0.15, -0.1) is 0 Å². The molecule has 0 aromatic carbocycles. The molecule has 1 aliphatic heterocycles. The minimum Gasteiger partial charge on any atom is -0.297 e. The van der Waals surface area contributed by atoms with Gasteiger partial charge in [0.15, 0.2) is 5.65 Å². The van der Waals surface area contributed by atoms with E-state index < -0.39 is 0 Å². The average Bonchev–Trinajstić information content (AvgIpc) is 3.22. The molecule has 6 nitrogen and oxygen atoms in total. The highest BCUT2D eigenvalue weighted by molar-refractivity contribution is 5.74. The predicted octanol–water partition coefficient (Wildman–Crippen LogP) is 2.95. The van der Waals surface area contributed by atoms with Gasteiger partial charge in [-0.25, -0.2) is 9.67 Å². The zero-order valence-corrected chi connectivity index (χ0v) is 15.1. The van der Waals surface area contributed by atoms with Crippen LogP contribution in [-0.2, 0) is 20.1 Å². The van der Waals surface area contributed by atoms with E-state index in [4.69, 9.17) is 4.98 Å². The first-order valence-corrected chi connectivity index (χ1v) is 9.26. The van der Waals surface area contributed by atoms with Gasteiger partial charge in [0, 0.05) is 49.9 Å². The number of aromatic nitrogens is 5. The summed E-state index contributed by atoms with van der Waals surface area (Å²) >= 11 is 0. The molecular weight excluding hydrogens is 312 g/mol. The number of rotatable bonds is 5. The van der Waals surface area contributed by atoms with Crippen LogP contribution in [-0.4, -0.2) is 42.5 Å². The van der Waals surface area contributed by atoms with Crippen LogP contribution in [0.3, 0.4) is 0 Å². The van der Waals surface area contributed by atoms with Crippen molar-refractivity contribution in [3.05, 3.63) is 42.0 Å². The second-order valence-electron chi connectivity index (χ2n) is 7.04. The first-order chi connectivity index (χ1) is 12.2. The van der Waals surface area contributed by atoms with Crippen molar-refractivity contribution in [2.24, 2.45) is 7.05 Å². The first-order valence-electron chi connectivity index (χ1n) is 9.26. The molecule has 6 heteroatoms. The molecule has 0 spiro atoms. The van der Waals surface area contributed by atoms with E-state index in [9.17, 15) is 0 Å². The number of nitrogens with zero attached hydrogens (tertiary/aromatic N) is 6. The molecule has 4 heterocycles. The van der Waals surface area contributed by atoms with E-state index in [0.29, 0.717) is 5.92 Å². The van der Waals surface area contributed by atoms with Crippen LogP contribution in [0.5, 0.6) is 0 Å². The number of pyridine rings is 1. The van der Waals surface area contributed by atoms with Crippen molar-refractivity contribution in [3.8, 4) is 0 Å². The zero-order valence-electron chi connectivity index (χ0n) is 15.1. The van der Waals surface area contributed by atoms with Crippen molar-refractivity contribution < 1.29 is 0 Å². The minimum absolute atomic E-state index is 0.497. The van der Waals surface area contributed by atoms with E-state index in [-0.39, 0.29) is 0 Å². The van der Waals surface area contributed by atoms with Gasteiger partial charge in [0.05, 0.1) is 11.9 Å². The molecule has 25 heavy (non-hydrogen) atoms. The van der Waals surface area contributed by atoms with Gasteiger partial charge >= 0.3 is 0 Å². The molecule has 0 radical (unpaired) electrons. The lowest BCUT2D eigenvalue weighted by Crippen LogP contribution is -2.34. The molecule has 3 aromatic rings. The molecule has 132 valence electrons. The summed E-state index contributed by atoms with van der Waals surface area (Å²) in [5.41, 5.74) is 3.51. The molecule has 1 atom stereocenters. The summed E-state index contributed by atoms with van der Waals surface area (Å²) in [6, 6.07) is 6.48. The predicted molar refractivity (Wildman–Crippen MR) is 98.3 cm³/mol. The third kappa shape index (κ3) is 3.31. The van der Waals surface area contributed by atoms with Crippen LogP contribution < -0.4 is 0 Å². The van der Waals surface area contributed by atoms with E-state index in [1.54, 1.807) is 0 Å². The average molecular weight is 338 g/mol. The lowest BCUT2D eigenvalue weighted by molar-refractivity contribution is 0.194. The molecule has 0 unspecified atom stereocenters. The number of hydrogen-bond donors (Lipinski definition) is 0. The molecule has 0 N–H and O–H groups in total. The molecular formula is C19H26N6. The second kappa shape index (κ2) is 6.96. The summed E-state index contributed by atoms with van der Waals surface area (Å²) in [5.74, 6) is 0.497. The Balaban J connectivity index is 1.53. The summed E-state index contributed by atoms with van der Waals surface area (Å²) < 4.78 is 4.01. The SMILES string of the molecule is CCCn1ncc2ccc([C@H]3CCCN(Cc4ccnn4C)C3)nc21. The lowest BCUT2D eigenvalue weighted by Gasteiger charge is -2.32. The fourth-order valence-corrected chi connectivity index (χ4v) is 3.80. The van der Waals surface area contributed by atoms with Gasteiger partial charge in [-0.05, 0) is 44.0 Å². The number of aryl methyl sites for hydroxylation is 2. The Hall–Kier alpha value is -2.21. The summed E-state index contributed by atoms with van der Waals surface area (Å²) in [6.45, 7) is 6.28. The van der Waals surface area contributed by atoms with Crippen LogP contribution in [0.2, 0.25) is 0 Å². The molecule has 0 amide bonds. The molecule has 1 saturated heterocycles. The van der Waals surface area contributed by atoms with E-state index in [0.717, 1.165) is 43.6 Å².